The molecule has 0 aromatic rings. The Balaban J connectivity index is 5.21. The molecule has 0 saturated carbocycles. The van der Waals surface area contributed by atoms with Crippen LogP contribution in [-0.2, 0) is 0 Å². The molecule has 0 bridgehead atoms. The van der Waals surface area contributed by atoms with Crippen LogP contribution >= 0.6 is 7.87 Å². The monoisotopic (exact) mass is 277 g/mol. The Morgan fingerprint density at radius 2 is 1.00 bits per heavy atom. The molecular formula is C13H34N4P+. The summed E-state index contributed by atoms with van der Waals surface area (Å²) in [5.41, 5.74) is 0. The zero-order chi connectivity index (χ0) is 14.3. The first-order valence-corrected chi connectivity index (χ1v) is 8.99. The van der Waals surface area contributed by atoms with Crippen molar-refractivity contribution in [2.24, 2.45) is 0 Å². The van der Waals surface area contributed by atoms with Gasteiger partial charge in [0, 0.05) is 31.2 Å². The number of nitrogens with one attached hydrogen (secondary N) is 3. The fraction of sp³-hybridized carbons (Fsp3) is 1.00. The molecule has 0 aliphatic heterocycles. The standard InChI is InChI=1S/C13H34N4P/c1-9-17(10-2)18(14-11(3)4,15-12(5)6)16-13(7)8/h11-16H,9-10H2,1-8H3/q+1. The summed E-state index contributed by atoms with van der Waals surface area (Å²) in [6, 6.07) is 1.37. The van der Waals surface area contributed by atoms with E-state index in [2.05, 4.69) is 75.3 Å². The van der Waals surface area contributed by atoms with E-state index in [1.807, 2.05) is 0 Å². The first-order chi connectivity index (χ1) is 8.27. The van der Waals surface area contributed by atoms with E-state index in [-0.39, 0.29) is 0 Å². The van der Waals surface area contributed by atoms with Crippen molar-refractivity contribution in [1.82, 2.24) is 19.9 Å². The molecule has 0 atom stereocenters. The van der Waals surface area contributed by atoms with Crippen LogP contribution in [0.5, 0.6) is 0 Å². The molecule has 18 heavy (non-hydrogen) atoms. The van der Waals surface area contributed by atoms with Gasteiger partial charge < -0.3 is 0 Å². The van der Waals surface area contributed by atoms with Gasteiger partial charge in [-0.05, 0) is 55.4 Å². The van der Waals surface area contributed by atoms with Crippen LogP contribution < -0.4 is 15.3 Å². The minimum Gasteiger partial charge on any atom is -0.143 e. The fourth-order valence-corrected chi connectivity index (χ4v) is 5.93. The van der Waals surface area contributed by atoms with Gasteiger partial charge in [0.1, 0.15) is 0 Å². The predicted molar refractivity (Wildman–Crippen MR) is 84.7 cm³/mol. The van der Waals surface area contributed by atoms with Gasteiger partial charge >= 0.3 is 7.87 Å². The normalized spacial score (nSPS) is 13.3. The van der Waals surface area contributed by atoms with Crippen molar-refractivity contribution >= 4 is 7.87 Å². The Morgan fingerprint density at radius 3 is 1.17 bits per heavy atom. The third kappa shape index (κ3) is 5.94. The van der Waals surface area contributed by atoms with Crippen LogP contribution in [-0.4, -0.2) is 35.9 Å². The molecule has 0 radical (unpaired) electrons. The number of nitrogens with zero attached hydrogens (tertiary/aromatic N) is 1. The van der Waals surface area contributed by atoms with Crippen molar-refractivity contribution in [2.45, 2.75) is 73.5 Å². The number of hydrogen-bond donors (Lipinski definition) is 3. The molecule has 0 amide bonds. The summed E-state index contributed by atoms with van der Waals surface area (Å²) in [7, 11) is -1.69. The Bertz CT molecular complexity index is 189. The van der Waals surface area contributed by atoms with Gasteiger partial charge in [-0.15, -0.1) is 19.9 Å². The highest BCUT2D eigenvalue weighted by molar-refractivity contribution is 7.67. The van der Waals surface area contributed by atoms with Crippen LogP contribution in [0.15, 0.2) is 0 Å². The number of hydrogen-bond acceptors (Lipinski definition) is 4. The predicted octanol–water partition coefficient (Wildman–Crippen LogP) is 3.00. The smallest absolute Gasteiger partial charge is 0.143 e. The molecule has 3 N–H and O–H groups in total. The van der Waals surface area contributed by atoms with Gasteiger partial charge in [-0.2, -0.15) is 0 Å². The van der Waals surface area contributed by atoms with Gasteiger partial charge in [-0.3, -0.25) is 0 Å². The van der Waals surface area contributed by atoms with Gasteiger partial charge in [0.25, 0.3) is 0 Å². The van der Waals surface area contributed by atoms with Crippen LogP contribution in [0.25, 0.3) is 0 Å². The summed E-state index contributed by atoms with van der Waals surface area (Å²) >= 11 is 0. The van der Waals surface area contributed by atoms with Crippen LogP contribution in [0.1, 0.15) is 55.4 Å². The largest absolute Gasteiger partial charge is 0.301 e. The molecule has 0 aromatic carbocycles. The van der Waals surface area contributed by atoms with Crippen molar-refractivity contribution in [3.8, 4) is 0 Å². The molecule has 0 rings (SSSR count). The first-order valence-electron chi connectivity index (χ1n) is 7.25. The minimum absolute atomic E-state index is 0.455. The second-order valence-corrected chi connectivity index (χ2v) is 8.24. The van der Waals surface area contributed by atoms with Crippen LogP contribution in [0.3, 0.4) is 0 Å². The highest BCUT2D eigenvalue weighted by Gasteiger charge is 2.46. The lowest BCUT2D eigenvalue weighted by Gasteiger charge is -2.38. The zero-order valence-corrected chi connectivity index (χ0v) is 14.4. The average Bonchev–Trinajstić information content (AvgIpc) is 2.15. The zero-order valence-electron chi connectivity index (χ0n) is 13.5. The van der Waals surface area contributed by atoms with E-state index in [9.17, 15) is 0 Å². The molecule has 0 spiro atoms. The first kappa shape index (κ1) is 18.3. The van der Waals surface area contributed by atoms with Crippen molar-refractivity contribution in [1.29, 1.82) is 0 Å². The highest BCUT2D eigenvalue weighted by atomic mass is 31.2. The molecule has 0 aliphatic carbocycles. The lowest BCUT2D eigenvalue weighted by molar-refractivity contribution is 0.446. The Kier molecular flexibility index (Phi) is 8.57. The van der Waals surface area contributed by atoms with Crippen molar-refractivity contribution in [3.63, 3.8) is 0 Å². The quantitative estimate of drug-likeness (QED) is 0.567. The van der Waals surface area contributed by atoms with Gasteiger partial charge in [0.2, 0.25) is 0 Å². The molecule has 0 heterocycles. The van der Waals surface area contributed by atoms with Gasteiger partial charge in [-0.25, -0.2) is 0 Å². The lowest BCUT2D eigenvalue weighted by atomic mass is 10.4. The second kappa shape index (κ2) is 8.44. The Morgan fingerprint density at radius 1 is 0.722 bits per heavy atom. The molecule has 4 nitrogen and oxygen atoms in total. The van der Waals surface area contributed by atoms with E-state index in [1.165, 1.54) is 0 Å². The van der Waals surface area contributed by atoms with Crippen molar-refractivity contribution in [3.05, 3.63) is 0 Å². The van der Waals surface area contributed by atoms with Crippen LogP contribution in [0, 0.1) is 0 Å². The lowest BCUT2D eigenvalue weighted by Crippen LogP contribution is -2.52. The molecule has 0 unspecified atom stereocenters. The van der Waals surface area contributed by atoms with E-state index >= 15 is 0 Å². The minimum atomic E-state index is -1.69. The average molecular weight is 277 g/mol. The maximum absolute atomic E-state index is 3.77. The SMILES string of the molecule is CCN(CC)[P+](NC(C)C)(NC(C)C)NC(C)C. The van der Waals surface area contributed by atoms with E-state index in [0.717, 1.165) is 13.1 Å². The highest BCUT2D eigenvalue weighted by Crippen LogP contribution is 2.51. The van der Waals surface area contributed by atoms with Crippen LogP contribution in [0.2, 0.25) is 0 Å². The summed E-state index contributed by atoms with van der Waals surface area (Å²) in [6.07, 6.45) is 0. The molecule has 0 saturated heterocycles. The van der Waals surface area contributed by atoms with Gasteiger partial charge in [-0.1, -0.05) is 0 Å². The third-order valence-corrected chi connectivity index (χ3v) is 6.57. The maximum atomic E-state index is 3.77. The molecule has 110 valence electrons. The van der Waals surface area contributed by atoms with E-state index in [1.54, 1.807) is 0 Å². The fourth-order valence-electron chi connectivity index (χ4n) is 2.13. The van der Waals surface area contributed by atoms with Crippen molar-refractivity contribution < 1.29 is 0 Å². The summed E-state index contributed by atoms with van der Waals surface area (Å²) in [5, 5.41) is 11.3. The van der Waals surface area contributed by atoms with Gasteiger partial charge in [0.15, 0.2) is 0 Å². The van der Waals surface area contributed by atoms with Crippen LogP contribution in [0.4, 0.5) is 0 Å². The maximum Gasteiger partial charge on any atom is 0.301 e. The molecule has 0 aliphatic rings. The van der Waals surface area contributed by atoms with E-state index in [4.69, 9.17) is 0 Å². The molecule has 0 aromatic heterocycles. The summed E-state index contributed by atoms with van der Waals surface area (Å²) in [4.78, 5) is 0. The Hall–Kier alpha value is 0.270. The topological polar surface area (TPSA) is 39.3 Å². The molecule has 0 fully saturated rings. The number of rotatable bonds is 9. The van der Waals surface area contributed by atoms with E-state index < -0.39 is 7.87 Å². The summed E-state index contributed by atoms with van der Waals surface area (Å²) < 4.78 is 2.51. The van der Waals surface area contributed by atoms with Gasteiger partial charge in [0.05, 0.1) is 0 Å². The van der Waals surface area contributed by atoms with Crippen molar-refractivity contribution in [2.75, 3.05) is 13.1 Å². The Labute approximate surface area is 115 Å². The third-order valence-electron chi connectivity index (χ3n) is 2.49. The molecule has 5 heteroatoms. The summed E-state index contributed by atoms with van der Waals surface area (Å²) in [6.45, 7) is 19.8. The molecular weight excluding hydrogens is 243 g/mol. The van der Waals surface area contributed by atoms with E-state index in [0.29, 0.717) is 18.1 Å². The second-order valence-electron chi connectivity index (χ2n) is 5.63. The summed E-state index contributed by atoms with van der Waals surface area (Å²) in [5.74, 6) is 0.